The van der Waals surface area contributed by atoms with Gasteiger partial charge in [0.2, 0.25) is 0 Å². The van der Waals surface area contributed by atoms with E-state index in [4.69, 9.17) is 4.74 Å². The van der Waals surface area contributed by atoms with Gasteiger partial charge in [0.05, 0.1) is 18.5 Å². The summed E-state index contributed by atoms with van der Waals surface area (Å²) in [6.45, 7) is 3.73. The molecule has 1 aliphatic rings. The molecule has 1 aromatic rings. The van der Waals surface area contributed by atoms with Crippen molar-refractivity contribution in [3.05, 3.63) is 22.6 Å². The largest absolute Gasteiger partial charge is 0.381 e. The highest BCUT2D eigenvalue weighted by atomic mass is 16.5. The van der Waals surface area contributed by atoms with Gasteiger partial charge in [0.1, 0.15) is 0 Å². The van der Waals surface area contributed by atoms with Crippen LogP contribution in [-0.2, 0) is 4.74 Å². The van der Waals surface area contributed by atoms with Crippen molar-refractivity contribution in [2.24, 2.45) is 5.92 Å². The molecule has 0 spiro atoms. The molecular weight excluding hydrogens is 194 g/mol. The molecule has 2 heterocycles. The van der Waals surface area contributed by atoms with Gasteiger partial charge in [-0.15, -0.1) is 0 Å². The zero-order valence-corrected chi connectivity index (χ0v) is 8.69. The molecule has 5 heteroatoms. The summed E-state index contributed by atoms with van der Waals surface area (Å²) in [6, 6.07) is 1.82. The minimum atomic E-state index is -0.185. The van der Waals surface area contributed by atoms with E-state index in [-0.39, 0.29) is 5.56 Å². The van der Waals surface area contributed by atoms with Gasteiger partial charge >= 0.3 is 0 Å². The second-order valence-corrected chi connectivity index (χ2v) is 3.89. The maximum Gasteiger partial charge on any atom is 0.266 e. The first-order chi connectivity index (χ1) is 7.25. The third-order valence-electron chi connectivity index (χ3n) is 2.73. The van der Waals surface area contributed by atoms with Gasteiger partial charge in [0.15, 0.2) is 0 Å². The lowest BCUT2D eigenvalue weighted by atomic mass is 10.0. The van der Waals surface area contributed by atoms with E-state index in [1.807, 2.05) is 0 Å². The van der Waals surface area contributed by atoms with Gasteiger partial charge in [0, 0.05) is 24.6 Å². The number of aromatic nitrogens is 2. The van der Waals surface area contributed by atoms with E-state index < -0.39 is 0 Å². The van der Waals surface area contributed by atoms with Crippen molar-refractivity contribution in [2.45, 2.75) is 19.4 Å². The van der Waals surface area contributed by atoms with E-state index in [1.54, 1.807) is 6.20 Å². The minimum absolute atomic E-state index is 0.185. The third-order valence-corrected chi connectivity index (χ3v) is 2.73. The standard InChI is InChI=1S/C10H15N3O2/c1-7(8-2-3-15-6-8)12-9-4-10(14)13-11-5-9/h4-5,7-8H,2-3,6H2,1H3,(H2,12,13,14). The van der Waals surface area contributed by atoms with Crippen LogP contribution in [0, 0.1) is 5.92 Å². The summed E-state index contributed by atoms with van der Waals surface area (Å²) in [7, 11) is 0. The van der Waals surface area contributed by atoms with Gasteiger partial charge in [-0.2, -0.15) is 5.10 Å². The first-order valence-corrected chi connectivity index (χ1v) is 5.15. The fourth-order valence-electron chi connectivity index (χ4n) is 1.78. The first-order valence-electron chi connectivity index (χ1n) is 5.15. The molecule has 2 rings (SSSR count). The van der Waals surface area contributed by atoms with Gasteiger partial charge in [-0.25, -0.2) is 5.10 Å². The molecule has 1 aromatic heterocycles. The second kappa shape index (κ2) is 4.44. The molecule has 0 radical (unpaired) electrons. The highest BCUT2D eigenvalue weighted by Crippen LogP contribution is 2.19. The molecule has 2 N–H and O–H groups in total. The van der Waals surface area contributed by atoms with Crippen LogP contribution in [0.1, 0.15) is 13.3 Å². The van der Waals surface area contributed by atoms with Gasteiger partial charge in [-0.05, 0) is 13.3 Å². The summed E-state index contributed by atoms with van der Waals surface area (Å²) in [5.74, 6) is 0.518. The Labute approximate surface area is 87.8 Å². The lowest BCUT2D eigenvalue weighted by molar-refractivity contribution is 0.183. The summed E-state index contributed by atoms with van der Waals surface area (Å²) in [6.07, 6.45) is 2.69. The monoisotopic (exact) mass is 209 g/mol. The summed E-state index contributed by atoms with van der Waals surface area (Å²) in [4.78, 5) is 11.0. The summed E-state index contributed by atoms with van der Waals surface area (Å²) in [5.41, 5.74) is 0.577. The third kappa shape index (κ3) is 2.56. The summed E-state index contributed by atoms with van der Waals surface area (Å²) < 4.78 is 5.32. The Balaban J connectivity index is 1.98. The number of hydrogen-bond acceptors (Lipinski definition) is 4. The van der Waals surface area contributed by atoms with E-state index in [2.05, 4.69) is 22.4 Å². The Hall–Kier alpha value is -1.36. The number of nitrogens with zero attached hydrogens (tertiary/aromatic N) is 1. The van der Waals surface area contributed by atoms with E-state index in [1.165, 1.54) is 6.07 Å². The average molecular weight is 209 g/mol. The van der Waals surface area contributed by atoms with Crippen molar-refractivity contribution in [3.63, 3.8) is 0 Å². The number of ether oxygens (including phenoxy) is 1. The Kier molecular flexibility index (Phi) is 3.01. The quantitative estimate of drug-likeness (QED) is 0.765. The van der Waals surface area contributed by atoms with Crippen LogP contribution in [0.5, 0.6) is 0 Å². The van der Waals surface area contributed by atoms with Crippen LogP contribution in [-0.4, -0.2) is 29.5 Å². The molecule has 1 aliphatic heterocycles. The Morgan fingerprint density at radius 1 is 1.73 bits per heavy atom. The summed E-state index contributed by atoms with van der Waals surface area (Å²) >= 11 is 0. The lowest BCUT2D eigenvalue weighted by Gasteiger charge is -2.19. The van der Waals surface area contributed by atoms with Crippen LogP contribution in [0.2, 0.25) is 0 Å². The van der Waals surface area contributed by atoms with Crippen LogP contribution < -0.4 is 10.9 Å². The first kappa shape index (κ1) is 10.2. The Bertz CT molecular complexity index is 371. The van der Waals surface area contributed by atoms with Crippen molar-refractivity contribution in [3.8, 4) is 0 Å². The van der Waals surface area contributed by atoms with E-state index in [9.17, 15) is 4.79 Å². The van der Waals surface area contributed by atoms with Gasteiger partial charge < -0.3 is 10.1 Å². The van der Waals surface area contributed by atoms with Crippen molar-refractivity contribution >= 4 is 5.69 Å². The molecule has 0 bridgehead atoms. The smallest absolute Gasteiger partial charge is 0.266 e. The number of anilines is 1. The molecule has 15 heavy (non-hydrogen) atoms. The maximum absolute atomic E-state index is 11.0. The molecule has 0 saturated carbocycles. The van der Waals surface area contributed by atoms with Gasteiger partial charge in [-0.3, -0.25) is 4.79 Å². The molecule has 0 aromatic carbocycles. The average Bonchev–Trinajstić information content (AvgIpc) is 2.70. The number of hydrogen-bond donors (Lipinski definition) is 2. The predicted molar refractivity (Wildman–Crippen MR) is 56.9 cm³/mol. The number of aromatic amines is 1. The molecule has 0 amide bonds. The van der Waals surface area contributed by atoms with Crippen molar-refractivity contribution in [1.29, 1.82) is 0 Å². The Morgan fingerprint density at radius 2 is 2.60 bits per heavy atom. The molecule has 5 nitrogen and oxygen atoms in total. The minimum Gasteiger partial charge on any atom is -0.381 e. The summed E-state index contributed by atoms with van der Waals surface area (Å²) in [5, 5.41) is 9.34. The van der Waals surface area contributed by atoms with Gasteiger partial charge in [-0.1, -0.05) is 0 Å². The highest BCUT2D eigenvalue weighted by Gasteiger charge is 2.22. The normalized spacial score (nSPS) is 22.6. The fraction of sp³-hybridized carbons (Fsp3) is 0.600. The van der Waals surface area contributed by atoms with Crippen LogP contribution in [0.25, 0.3) is 0 Å². The zero-order valence-electron chi connectivity index (χ0n) is 8.69. The second-order valence-electron chi connectivity index (χ2n) is 3.89. The molecule has 0 aliphatic carbocycles. The van der Waals surface area contributed by atoms with Crippen LogP contribution in [0.15, 0.2) is 17.1 Å². The van der Waals surface area contributed by atoms with Crippen LogP contribution in [0.3, 0.4) is 0 Å². The van der Waals surface area contributed by atoms with Crippen molar-refractivity contribution in [1.82, 2.24) is 10.2 Å². The molecule has 2 unspecified atom stereocenters. The lowest BCUT2D eigenvalue weighted by Crippen LogP contribution is -2.26. The molecule has 1 fully saturated rings. The topological polar surface area (TPSA) is 67.0 Å². The number of nitrogens with one attached hydrogen (secondary N) is 2. The van der Waals surface area contributed by atoms with Gasteiger partial charge in [0.25, 0.3) is 5.56 Å². The predicted octanol–water partition coefficient (Wildman–Crippen LogP) is 0.607. The van der Waals surface area contributed by atoms with E-state index in [0.29, 0.717) is 12.0 Å². The highest BCUT2D eigenvalue weighted by molar-refractivity contribution is 5.39. The molecule has 1 saturated heterocycles. The Morgan fingerprint density at radius 3 is 3.27 bits per heavy atom. The molecule has 82 valence electrons. The number of H-pyrrole nitrogens is 1. The van der Waals surface area contributed by atoms with Crippen molar-refractivity contribution < 1.29 is 4.74 Å². The van der Waals surface area contributed by atoms with Crippen molar-refractivity contribution in [2.75, 3.05) is 18.5 Å². The van der Waals surface area contributed by atoms with Crippen LogP contribution >= 0.6 is 0 Å². The fourth-order valence-corrected chi connectivity index (χ4v) is 1.78. The van der Waals surface area contributed by atoms with Crippen LogP contribution in [0.4, 0.5) is 5.69 Å². The SMILES string of the molecule is CC(Nc1cn[nH]c(=O)c1)C1CCOC1. The zero-order chi connectivity index (χ0) is 10.7. The van der Waals surface area contributed by atoms with E-state index >= 15 is 0 Å². The number of rotatable bonds is 3. The molecule has 2 atom stereocenters. The maximum atomic E-state index is 11.0. The van der Waals surface area contributed by atoms with E-state index in [0.717, 1.165) is 25.3 Å². The molecular formula is C10H15N3O2.